The Balaban J connectivity index is 1.17. The predicted octanol–water partition coefficient (Wildman–Crippen LogP) is 5.90. The van der Waals surface area contributed by atoms with Gasteiger partial charge in [-0.25, -0.2) is 8.42 Å². The van der Waals surface area contributed by atoms with E-state index in [9.17, 15) is 8.42 Å². The smallest absolute Gasteiger partial charge is 0.243 e. The van der Waals surface area contributed by atoms with Crippen LogP contribution in [0.5, 0.6) is 5.75 Å². The standard InChI is InChI=1S/C30H40N2O3S/c1-35-30-11-8-26(24-6-9-28(10-7-24)36(33,34)32-14-2-3-15-32)21-29(30)25-12-16-31(17-13-25)27-19-22-4-5-23(18-22)20-27/h6-11,21-23,25,27H,2-5,12-20H2,1H3. The molecular weight excluding hydrogens is 468 g/mol. The normalized spacial score (nSPS) is 28.0. The molecule has 194 valence electrons. The number of sulfonamides is 1. The minimum Gasteiger partial charge on any atom is -0.496 e. The molecule has 2 saturated carbocycles. The van der Waals surface area contributed by atoms with Crippen molar-refractivity contribution in [2.45, 2.75) is 74.6 Å². The molecule has 36 heavy (non-hydrogen) atoms. The van der Waals surface area contributed by atoms with Gasteiger partial charge in [0.2, 0.25) is 10.0 Å². The number of rotatable bonds is 6. The summed E-state index contributed by atoms with van der Waals surface area (Å²) in [5, 5.41) is 0. The number of piperidine rings is 1. The first-order chi connectivity index (χ1) is 17.5. The Hall–Kier alpha value is -1.89. The zero-order chi connectivity index (χ0) is 24.7. The molecular formula is C30H40N2O3S. The highest BCUT2D eigenvalue weighted by atomic mass is 32.2. The third-order valence-corrected chi connectivity index (χ3v) is 11.4. The van der Waals surface area contributed by atoms with Crippen LogP contribution in [0.15, 0.2) is 47.4 Å². The SMILES string of the molecule is COc1ccc(-c2ccc(S(=O)(=O)N3CCCC3)cc2)cc1C1CCN(C2CC3CCC(C3)C2)CC1. The summed E-state index contributed by atoms with van der Waals surface area (Å²) < 4.78 is 33.2. The van der Waals surface area contributed by atoms with Gasteiger partial charge in [0.1, 0.15) is 5.75 Å². The lowest BCUT2D eigenvalue weighted by molar-refractivity contribution is 0.0980. The van der Waals surface area contributed by atoms with E-state index in [1.54, 1.807) is 23.5 Å². The Kier molecular flexibility index (Phi) is 6.87. The summed E-state index contributed by atoms with van der Waals surface area (Å²) in [4.78, 5) is 3.18. The molecule has 0 amide bonds. The molecule has 4 fully saturated rings. The lowest BCUT2D eigenvalue weighted by Crippen LogP contribution is -2.43. The van der Waals surface area contributed by atoms with Crippen LogP contribution in [0.3, 0.4) is 0 Å². The molecule has 0 spiro atoms. The highest BCUT2D eigenvalue weighted by molar-refractivity contribution is 7.89. The van der Waals surface area contributed by atoms with E-state index < -0.39 is 10.0 Å². The quantitative estimate of drug-likeness (QED) is 0.487. The van der Waals surface area contributed by atoms with Crippen LogP contribution in [-0.4, -0.2) is 57.0 Å². The number of hydrogen-bond donors (Lipinski definition) is 0. The van der Waals surface area contributed by atoms with E-state index in [-0.39, 0.29) is 0 Å². The Morgan fingerprint density at radius 1 is 0.778 bits per heavy atom. The molecule has 2 unspecified atom stereocenters. The Bertz CT molecular complexity index is 1150. The first-order valence-electron chi connectivity index (χ1n) is 14.0. The predicted molar refractivity (Wildman–Crippen MR) is 144 cm³/mol. The van der Waals surface area contributed by atoms with Crippen molar-refractivity contribution in [3.63, 3.8) is 0 Å². The van der Waals surface area contributed by atoms with E-state index in [0.717, 1.165) is 47.6 Å². The third kappa shape index (κ3) is 4.72. The van der Waals surface area contributed by atoms with Crippen molar-refractivity contribution >= 4 is 10.0 Å². The topological polar surface area (TPSA) is 49.9 Å². The van der Waals surface area contributed by atoms with Gasteiger partial charge in [-0.2, -0.15) is 4.31 Å². The van der Waals surface area contributed by atoms with Gasteiger partial charge in [-0.3, -0.25) is 0 Å². The fraction of sp³-hybridized carbons (Fsp3) is 0.600. The summed E-state index contributed by atoms with van der Waals surface area (Å²) in [6.07, 6.45) is 11.5. The van der Waals surface area contributed by atoms with Crippen LogP contribution in [0.1, 0.15) is 69.3 Å². The third-order valence-electron chi connectivity index (χ3n) is 9.47. The van der Waals surface area contributed by atoms with E-state index in [1.165, 1.54) is 63.6 Å². The van der Waals surface area contributed by atoms with Crippen LogP contribution in [0, 0.1) is 11.8 Å². The Morgan fingerprint density at radius 3 is 2.06 bits per heavy atom. The first kappa shape index (κ1) is 24.4. The molecule has 2 atom stereocenters. The maximum Gasteiger partial charge on any atom is 0.243 e. The molecule has 6 heteroatoms. The van der Waals surface area contributed by atoms with Crippen molar-refractivity contribution in [3.8, 4) is 16.9 Å². The molecule has 0 aromatic heterocycles. The zero-order valence-electron chi connectivity index (χ0n) is 21.6. The number of hydrogen-bond acceptors (Lipinski definition) is 4. The van der Waals surface area contributed by atoms with E-state index >= 15 is 0 Å². The van der Waals surface area contributed by atoms with Crippen LogP contribution >= 0.6 is 0 Å². The van der Waals surface area contributed by atoms with Crippen molar-refractivity contribution in [2.75, 3.05) is 33.3 Å². The molecule has 0 radical (unpaired) electrons. The molecule has 2 aliphatic carbocycles. The van der Waals surface area contributed by atoms with Crippen molar-refractivity contribution in [2.24, 2.45) is 11.8 Å². The van der Waals surface area contributed by atoms with Gasteiger partial charge in [-0.05, 0) is 117 Å². The Labute approximate surface area is 216 Å². The second-order valence-electron chi connectivity index (χ2n) is 11.6. The Morgan fingerprint density at radius 2 is 1.42 bits per heavy atom. The summed E-state index contributed by atoms with van der Waals surface area (Å²) >= 11 is 0. The van der Waals surface area contributed by atoms with Crippen LogP contribution < -0.4 is 4.74 Å². The average molecular weight is 509 g/mol. The van der Waals surface area contributed by atoms with Gasteiger partial charge >= 0.3 is 0 Å². The summed E-state index contributed by atoms with van der Waals surface area (Å²) in [6.45, 7) is 3.63. The van der Waals surface area contributed by atoms with Crippen LogP contribution in [-0.2, 0) is 10.0 Å². The van der Waals surface area contributed by atoms with Gasteiger partial charge in [0, 0.05) is 19.1 Å². The van der Waals surface area contributed by atoms with Gasteiger partial charge in [-0.15, -0.1) is 0 Å². The van der Waals surface area contributed by atoms with E-state index in [4.69, 9.17) is 4.74 Å². The largest absolute Gasteiger partial charge is 0.496 e. The van der Waals surface area contributed by atoms with Gasteiger partial charge < -0.3 is 9.64 Å². The summed E-state index contributed by atoms with van der Waals surface area (Å²) in [5.41, 5.74) is 3.48. The molecule has 6 rings (SSSR count). The van der Waals surface area contributed by atoms with Crippen molar-refractivity contribution in [1.82, 2.24) is 9.21 Å². The molecule has 2 aliphatic heterocycles. The molecule has 0 N–H and O–H groups in total. The molecule has 2 bridgehead atoms. The molecule has 2 aromatic carbocycles. The second kappa shape index (κ2) is 10.1. The van der Waals surface area contributed by atoms with Crippen molar-refractivity contribution < 1.29 is 13.2 Å². The van der Waals surface area contributed by atoms with Gasteiger partial charge in [0.05, 0.1) is 12.0 Å². The number of benzene rings is 2. The van der Waals surface area contributed by atoms with Gasteiger partial charge in [-0.1, -0.05) is 31.0 Å². The molecule has 2 aromatic rings. The van der Waals surface area contributed by atoms with Crippen LogP contribution in [0.25, 0.3) is 11.1 Å². The monoisotopic (exact) mass is 508 g/mol. The van der Waals surface area contributed by atoms with Crippen molar-refractivity contribution in [1.29, 1.82) is 0 Å². The number of nitrogens with zero attached hydrogens (tertiary/aromatic N) is 2. The maximum absolute atomic E-state index is 12.9. The molecule has 5 nitrogen and oxygen atoms in total. The van der Waals surface area contributed by atoms with E-state index in [1.807, 2.05) is 12.1 Å². The van der Waals surface area contributed by atoms with Gasteiger partial charge in [0.25, 0.3) is 0 Å². The minimum atomic E-state index is -3.38. The van der Waals surface area contributed by atoms with Crippen molar-refractivity contribution in [3.05, 3.63) is 48.0 Å². The molecule has 2 saturated heterocycles. The fourth-order valence-corrected chi connectivity index (χ4v) is 8.99. The van der Waals surface area contributed by atoms with Crippen LogP contribution in [0.2, 0.25) is 0 Å². The highest BCUT2D eigenvalue weighted by Crippen LogP contribution is 2.45. The van der Waals surface area contributed by atoms with E-state index in [2.05, 4.69) is 23.1 Å². The number of likely N-dealkylation sites (tertiary alicyclic amines) is 1. The second-order valence-corrected chi connectivity index (χ2v) is 13.5. The molecule has 2 heterocycles. The number of methoxy groups -OCH3 is 1. The first-order valence-corrected chi connectivity index (χ1v) is 15.5. The lowest BCUT2D eigenvalue weighted by Gasteiger charge is -2.41. The fourth-order valence-electron chi connectivity index (χ4n) is 7.48. The summed E-state index contributed by atoms with van der Waals surface area (Å²) in [7, 11) is -1.62. The lowest BCUT2D eigenvalue weighted by atomic mass is 9.82. The number of fused-ring (bicyclic) bond motifs is 2. The summed E-state index contributed by atoms with van der Waals surface area (Å²) in [6, 6.07) is 14.7. The van der Waals surface area contributed by atoms with E-state index in [0.29, 0.717) is 23.9 Å². The number of ether oxygens (including phenoxy) is 1. The average Bonchev–Trinajstić information content (AvgIpc) is 3.59. The highest BCUT2D eigenvalue weighted by Gasteiger charge is 2.37. The minimum absolute atomic E-state index is 0.394. The zero-order valence-corrected chi connectivity index (χ0v) is 22.4. The summed E-state index contributed by atoms with van der Waals surface area (Å²) in [5.74, 6) is 3.45. The maximum atomic E-state index is 12.9. The van der Waals surface area contributed by atoms with Crippen LogP contribution in [0.4, 0.5) is 0 Å². The van der Waals surface area contributed by atoms with Gasteiger partial charge in [0.15, 0.2) is 0 Å². The molecule has 4 aliphatic rings.